The predicted octanol–water partition coefficient (Wildman–Crippen LogP) is 3.46. The standard InChI is InChI=1S/C7H3BrF5NO/c8-3-1-5(7(11,12)13)14-2-4(3)15-6(9)10/h1-2,6H. The Kier molecular flexibility index (Phi) is 3.48. The van der Waals surface area contributed by atoms with Gasteiger partial charge in [0.15, 0.2) is 5.75 Å². The summed E-state index contributed by atoms with van der Waals surface area (Å²) in [5, 5.41) is 0. The lowest BCUT2D eigenvalue weighted by Crippen LogP contribution is -2.09. The summed E-state index contributed by atoms with van der Waals surface area (Å²) in [6.07, 6.45) is -4.04. The molecule has 0 radical (unpaired) electrons. The average molecular weight is 292 g/mol. The van der Waals surface area contributed by atoms with Gasteiger partial charge in [0.25, 0.3) is 0 Å². The van der Waals surface area contributed by atoms with Gasteiger partial charge in [0.1, 0.15) is 5.69 Å². The van der Waals surface area contributed by atoms with Crippen molar-refractivity contribution in [2.24, 2.45) is 0 Å². The third kappa shape index (κ3) is 3.29. The molecule has 0 aliphatic heterocycles. The van der Waals surface area contributed by atoms with Crippen LogP contribution in [0.1, 0.15) is 5.69 Å². The minimum absolute atomic E-state index is 0.231. The quantitative estimate of drug-likeness (QED) is 0.779. The lowest BCUT2D eigenvalue weighted by atomic mass is 10.3. The number of halogens is 6. The number of nitrogens with zero attached hydrogens (tertiary/aromatic N) is 1. The lowest BCUT2D eigenvalue weighted by Gasteiger charge is -2.09. The number of hydrogen-bond acceptors (Lipinski definition) is 2. The molecule has 0 saturated carbocycles. The van der Waals surface area contributed by atoms with Gasteiger partial charge in [-0.05, 0) is 22.0 Å². The van der Waals surface area contributed by atoms with E-state index >= 15 is 0 Å². The molecule has 1 aromatic heterocycles. The summed E-state index contributed by atoms with van der Waals surface area (Å²) < 4.78 is 63.4. The first-order valence-corrected chi connectivity index (χ1v) is 4.27. The van der Waals surface area contributed by atoms with Crippen LogP contribution in [0.2, 0.25) is 0 Å². The molecule has 0 saturated heterocycles. The maximum Gasteiger partial charge on any atom is 0.433 e. The summed E-state index contributed by atoms with van der Waals surface area (Å²) >= 11 is 2.67. The summed E-state index contributed by atoms with van der Waals surface area (Å²) in [5.74, 6) is -0.446. The Morgan fingerprint density at radius 3 is 2.33 bits per heavy atom. The molecule has 8 heteroatoms. The summed E-state index contributed by atoms with van der Waals surface area (Å²) in [7, 11) is 0. The van der Waals surface area contributed by atoms with Gasteiger partial charge in [-0.25, -0.2) is 4.98 Å². The Morgan fingerprint density at radius 1 is 1.33 bits per heavy atom. The number of alkyl halides is 5. The van der Waals surface area contributed by atoms with Gasteiger partial charge in [0, 0.05) is 0 Å². The maximum absolute atomic E-state index is 12.1. The van der Waals surface area contributed by atoms with E-state index in [1.165, 1.54) is 0 Å². The van der Waals surface area contributed by atoms with Crippen molar-refractivity contribution < 1.29 is 26.7 Å². The van der Waals surface area contributed by atoms with Crippen LogP contribution in [0.5, 0.6) is 5.75 Å². The first-order chi connectivity index (χ1) is 6.80. The molecule has 1 aromatic rings. The van der Waals surface area contributed by atoms with Crippen LogP contribution in [0, 0.1) is 0 Å². The molecule has 0 aliphatic carbocycles. The molecule has 0 N–H and O–H groups in total. The number of rotatable bonds is 2. The molecule has 84 valence electrons. The number of pyridine rings is 1. The lowest BCUT2D eigenvalue weighted by molar-refractivity contribution is -0.141. The van der Waals surface area contributed by atoms with Crippen molar-refractivity contribution in [3.8, 4) is 5.75 Å². The van der Waals surface area contributed by atoms with Gasteiger partial charge in [0.05, 0.1) is 10.7 Å². The zero-order valence-electron chi connectivity index (χ0n) is 6.86. The second-order valence-electron chi connectivity index (χ2n) is 2.38. The van der Waals surface area contributed by atoms with Crippen molar-refractivity contribution >= 4 is 15.9 Å². The van der Waals surface area contributed by atoms with Gasteiger partial charge in [-0.1, -0.05) is 0 Å². The second kappa shape index (κ2) is 4.30. The molecule has 1 heterocycles. The topological polar surface area (TPSA) is 22.1 Å². The van der Waals surface area contributed by atoms with Crippen LogP contribution < -0.4 is 4.74 Å². The molecule has 15 heavy (non-hydrogen) atoms. The van der Waals surface area contributed by atoms with Crippen LogP contribution in [-0.4, -0.2) is 11.6 Å². The molecule has 0 aliphatic rings. The minimum Gasteiger partial charge on any atom is -0.432 e. The van der Waals surface area contributed by atoms with Gasteiger partial charge in [-0.3, -0.25) is 0 Å². The van der Waals surface area contributed by atoms with Crippen molar-refractivity contribution in [1.29, 1.82) is 0 Å². The normalized spacial score (nSPS) is 11.9. The third-order valence-electron chi connectivity index (χ3n) is 1.33. The number of ether oxygens (including phenoxy) is 1. The average Bonchev–Trinajstić information content (AvgIpc) is 2.05. The fourth-order valence-corrected chi connectivity index (χ4v) is 1.17. The Morgan fingerprint density at radius 2 is 1.93 bits per heavy atom. The maximum atomic E-state index is 12.1. The minimum atomic E-state index is -4.62. The highest BCUT2D eigenvalue weighted by Gasteiger charge is 2.33. The molecule has 0 fully saturated rings. The molecule has 0 atom stereocenters. The largest absolute Gasteiger partial charge is 0.433 e. The Labute approximate surface area is 89.2 Å². The molecular weight excluding hydrogens is 289 g/mol. The Balaban J connectivity index is 2.98. The zero-order valence-corrected chi connectivity index (χ0v) is 8.44. The Hall–Kier alpha value is -0.920. The fraction of sp³-hybridized carbons (Fsp3) is 0.286. The van der Waals surface area contributed by atoms with Gasteiger partial charge in [-0.15, -0.1) is 0 Å². The van der Waals surface area contributed by atoms with E-state index in [0.29, 0.717) is 12.3 Å². The molecule has 2 nitrogen and oxygen atoms in total. The molecule has 1 rings (SSSR count). The van der Waals surface area contributed by atoms with E-state index in [1.807, 2.05) is 0 Å². The van der Waals surface area contributed by atoms with Crippen LogP contribution in [-0.2, 0) is 6.18 Å². The van der Waals surface area contributed by atoms with Gasteiger partial charge >= 0.3 is 12.8 Å². The van der Waals surface area contributed by atoms with Gasteiger partial charge < -0.3 is 4.74 Å². The van der Waals surface area contributed by atoms with Crippen molar-refractivity contribution in [1.82, 2.24) is 4.98 Å². The molecule has 0 amide bonds. The molecule has 0 unspecified atom stereocenters. The summed E-state index contributed by atoms with van der Waals surface area (Å²) in [5.41, 5.74) is -1.18. The van der Waals surface area contributed by atoms with Crippen LogP contribution in [0.4, 0.5) is 22.0 Å². The fourth-order valence-electron chi connectivity index (χ4n) is 0.756. The highest BCUT2D eigenvalue weighted by Crippen LogP contribution is 2.33. The van der Waals surface area contributed by atoms with E-state index < -0.39 is 24.2 Å². The molecule has 0 spiro atoms. The van der Waals surface area contributed by atoms with Crippen molar-refractivity contribution in [3.63, 3.8) is 0 Å². The molecule has 0 aromatic carbocycles. The summed E-state index contributed by atoms with van der Waals surface area (Å²) in [6.45, 7) is -3.11. The van der Waals surface area contributed by atoms with Crippen LogP contribution >= 0.6 is 15.9 Å². The third-order valence-corrected chi connectivity index (χ3v) is 1.95. The van der Waals surface area contributed by atoms with Gasteiger partial charge in [0.2, 0.25) is 0 Å². The molecule has 0 bridgehead atoms. The monoisotopic (exact) mass is 291 g/mol. The van der Waals surface area contributed by atoms with E-state index in [4.69, 9.17) is 0 Å². The SMILES string of the molecule is FC(F)Oc1cnc(C(F)(F)F)cc1Br. The number of hydrogen-bond donors (Lipinski definition) is 0. The smallest absolute Gasteiger partial charge is 0.432 e. The van der Waals surface area contributed by atoms with E-state index in [0.717, 1.165) is 0 Å². The van der Waals surface area contributed by atoms with Crippen molar-refractivity contribution in [3.05, 3.63) is 22.4 Å². The van der Waals surface area contributed by atoms with E-state index in [9.17, 15) is 22.0 Å². The predicted molar refractivity (Wildman–Crippen MR) is 43.6 cm³/mol. The van der Waals surface area contributed by atoms with Gasteiger partial charge in [-0.2, -0.15) is 22.0 Å². The summed E-state index contributed by atoms with van der Waals surface area (Å²) in [4.78, 5) is 2.95. The van der Waals surface area contributed by atoms with Crippen LogP contribution in [0.25, 0.3) is 0 Å². The van der Waals surface area contributed by atoms with E-state index in [-0.39, 0.29) is 4.47 Å². The highest BCUT2D eigenvalue weighted by atomic mass is 79.9. The highest BCUT2D eigenvalue weighted by molar-refractivity contribution is 9.10. The van der Waals surface area contributed by atoms with Crippen LogP contribution in [0.15, 0.2) is 16.7 Å². The first kappa shape index (κ1) is 12.2. The first-order valence-electron chi connectivity index (χ1n) is 3.48. The Bertz CT molecular complexity index is 354. The van der Waals surface area contributed by atoms with Crippen molar-refractivity contribution in [2.75, 3.05) is 0 Å². The molecular formula is C7H3BrF5NO. The van der Waals surface area contributed by atoms with Crippen LogP contribution in [0.3, 0.4) is 0 Å². The van der Waals surface area contributed by atoms with Crippen molar-refractivity contribution in [2.45, 2.75) is 12.8 Å². The summed E-state index contributed by atoms with van der Waals surface area (Å²) in [6, 6.07) is 0.567. The zero-order chi connectivity index (χ0) is 11.6. The second-order valence-corrected chi connectivity index (χ2v) is 3.23. The number of aromatic nitrogens is 1. The van der Waals surface area contributed by atoms with E-state index in [1.54, 1.807) is 0 Å². The van der Waals surface area contributed by atoms with E-state index in [2.05, 4.69) is 25.7 Å².